The molecular weight excluding hydrogens is 172 g/mol. The zero-order valence-corrected chi connectivity index (χ0v) is 8.82. The molecule has 2 aliphatic rings. The monoisotopic (exact) mass is 192 g/mol. The second-order valence-corrected chi connectivity index (χ2v) is 4.38. The first kappa shape index (κ1) is 9.82. The molecule has 0 spiro atoms. The average Bonchev–Trinajstić information content (AvgIpc) is 2.62. The molecule has 1 aliphatic heterocycles. The summed E-state index contributed by atoms with van der Waals surface area (Å²) >= 11 is 0. The van der Waals surface area contributed by atoms with Gasteiger partial charge in [0, 0.05) is 0 Å². The molecule has 0 radical (unpaired) electrons. The third-order valence-electron chi connectivity index (χ3n) is 3.31. The lowest BCUT2D eigenvalue weighted by Crippen LogP contribution is -2.09. The van der Waals surface area contributed by atoms with Crippen molar-refractivity contribution < 1.29 is 4.74 Å². The van der Waals surface area contributed by atoms with E-state index in [0.717, 1.165) is 18.4 Å². The first-order valence-corrected chi connectivity index (χ1v) is 5.92. The Balaban J connectivity index is 1.96. The summed E-state index contributed by atoms with van der Waals surface area (Å²) in [5, 5.41) is 0. The largest absolute Gasteiger partial charge is 0.502 e. The van der Waals surface area contributed by atoms with Gasteiger partial charge in [-0.1, -0.05) is 18.6 Å². The smallest absolute Gasteiger partial charge is 0.0873 e. The molecule has 0 aromatic rings. The van der Waals surface area contributed by atoms with Crippen molar-refractivity contribution in [3.8, 4) is 0 Å². The maximum absolute atomic E-state index is 5.34. The van der Waals surface area contributed by atoms with Crippen LogP contribution in [0.2, 0.25) is 0 Å². The molecule has 2 rings (SSSR count). The van der Waals surface area contributed by atoms with Crippen molar-refractivity contribution in [1.29, 1.82) is 0 Å². The SMILES string of the molecule is C1=CC(C2C=COCCC2)CCCC1. The van der Waals surface area contributed by atoms with Crippen molar-refractivity contribution in [3.63, 3.8) is 0 Å². The number of hydrogen-bond donors (Lipinski definition) is 0. The van der Waals surface area contributed by atoms with Gasteiger partial charge >= 0.3 is 0 Å². The Morgan fingerprint density at radius 3 is 2.79 bits per heavy atom. The average molecular weight is 192 g/mol. The first-order valence-electron chi connectivity index (χ1n) is 5.92. The van der Waals surface area contributed by atoms with Gasteiger partial charge in [-0.25, -0.2) is 0 Å². The molecule has 2 atom stereocenters. The molecule has 0 saturated heterocycles. The minimum absolute atomic E-state index is 0.729. The van der Waals surface area contributed by atoms with E-state index in [1.54, 1.807) is 0 Å². The maximum Gasteiger partial charge on any atom is 0.0873 e. The van der Waals surface area contributed by atoms with Gasteiger partial charge in [0.15, 0.2) is 0 Å². The molecule has 1 heterocycles. The van der Waals surface area contributed by atoms with E-state index in [2.05, 4.69) is 18.2 Å². The summed E-state index contributed by atoms with van der Waals surface area (Å²) in [6.07, 6.45) is 16.9. The normalized spacial score (nSPS) is 33.1. The van der Waals surface area contributed by atoms with E-state index in [9.17, 15) is 0 Å². The lowest BCUT2D eigenvalue weighted by atomic mass is 9.85. The predicted molar refractivity (Wildman–Crippen MR) is 58.9 cm³/mol. The topological polar surface area (TPSA) is 9.23 Å². The Labute approximate surface area is 86.8 Å². The molecule has 14 heavy (non-hydrogen) atoms. The highest BCUT2D eigenvalue weighted by molar-refractivity contribution is 5.00. The summed E-state index contributed by atoms with van der Waals surface area (Å²) in [4.78, 5) is 0. The van der Waals surface area contributed by atoms with Crippen molar-refractivity contribution in [2.75, 3.05) is 6.61 Å². The van der Waals surface area contributed by atoms with Crippen LogP contribution in [0.5, 0.6) is 0 Å². The Bertz CT molecular complexity index is 193. The van der Waals surface area contributed by atoms with Gasteiger partial charge in [0.05, 0.1) is 12.9 Å². The molecule has 1 nitrogen and oxygen atoms in total. The third-order valence-corrected chi connectivity index (χ3v) is 3.31. The van der Waals surface area contributed by atoms with E-state index < -0.39 is 0 Å². The summed E-state index contributed by atoms with van der Waals surface area (Å²) < 4.78 is 5.34. The quantitative estimate of drug-likeness (QED) is 0.576. The van der Waals surface area contributed by atoms with Gasteiger partial charge in [0.1, 0.15) is 0 Å². The van der Waals surface area contributed by atoms with Crippen molar-refractivity contribution in [1.82, 2.24) is 0 Å². The Morgan fingerprint density at radius 1 is 0.929 bits per heavy atom. The van der Waals surface area contributed by atoms with Crippen LogP contribution in [0.15, 0.2) is 24.5 Å². The van der Waals surface area contributed by atoms with Crippen LogP contribution >= 0.6 is 0 Å². The number of rotatable bonds is 1. The molecule has 2 unspecified atom stereocenters. The van der Waals surface area contributed by atoms with Gasteiger partial charge in [-0.2, -0.15) is 0 Å². The summed E-state index contributed by atoms with van der Waals surface area (Å²) in [6.45, 7) is 0.906. The molecule has 0 aromatic heterocycles. The van der Waals surface area contributed by atoms with Crippen LogP contribution in [0.3, 0.4) is 0 Å². The molecular formula is C13H20O. The molecule has 0 amide bonds. The lowest BCUT2D eigenvalue weighted by molar-refractivity contribution is 0.247. The van der Waals surface area contributed by atoms with Crippen molar-refractivity contribution >= 4 is 0 Å². The summed E-state index contributed by atoms with van der Waals surface area (Å²) in [5.41, 5.74) is 0. The van der Waals surface area contributed by atoms with Gasteiger partial charge in [0.25, 0.3) is 0 Å². The zero-order chi connectivity index (χ0) is 9.64. The molecule has 0 saturated carbocycles. The highest BCUT2D eigenvalue weighted by atomic mass is 16.5. The molecule has 78 valence electrons. The van der Waals surface area contributed by atoms with E-state index >= 15 is 0 Å². The highest BCUT2D eigenvalue weighted by Gasteiger charge is 2.18. The van der Waals surface area contributed by atoms with Gasteiger partial charge in [-0.05, 0) is 50.0 Å². The Morgan fingerprint density at radius 2 is 1.79 bits per heavy atom. The third kappa shape index (κ3) is 2.63. The number of ether oxygens (including phenoxy) is 1. The van der Waals surface area contributed by atoms with Crippen molar-refractivity contribution in [2.24, 2.45) is 11.8 Å². The van der Waals surface area contributed by atoms with Gasteiger partial charge in [0.2, 0.25) is 0 Å². The van der Waals surface area contributed by atoms with Crippen LogP contribution in [0.1, 0.15) is 38.5 Å². The maximum atomic E-state index is 5.34. The fraction of sp³-hybridized carbons (Fsp3) is 0.692. The van der Waals surface area contributed by atoms with Crippen LogP contribution < -0.4 is 0 Å². The first-order chi connectivity index (χ1) is 6.97. The molecule has 1 aliphatic carbocycles. The molecule has 1 heteroatoms. The van der Waals surface area contributed by atoms with Crippen LogP contribution in [0.25, 0.3) is 0 Å². The van der Waals surface area contributed by atoms with Crippen LogP contribution in [-0.4, -0.2) is 6.61 Å². The lowest BCUT2D eigenvalue weighted by Gasteiger charge is -2.19. The predicted octanol–water partition coefficient (Wildman–Crippen LogP) is 3.67. The standard InChI is InChI=1S/C13H20O/c1-2-4-7-12(6-3-1)13-8-5-10-14-11-9-13/h3,6,9,11-13H,1-2,4-5,7-8,10H2. The zero-order valence-electron chi connectivity index (χ0n) is 8.82. The van der Waals surface area contributed by atoms with Crippen LogP contribution in [-0.2, 0) is 4.74 Å². The van der Waals surface area contributed by atoms with Gasteiger partial charge < -0.3 is 4.74 Å². The fourth-order valence-electron chi connectivity index (χ4n) is 2.45. The second kappa shape index (κ2) is 5.23. The minimum atomic E-state index is 0.729. The Hall–Kier alpha value is -0.720. The van der Waals surface area contributed by atoms with Crippen molar-refractivity contribution in [3.05, 3.63) is 24.5 Å². The molecule has 0 fully saturated rings. The number of hydrogen-bond acceptors (Lipinski definition) is 1. The number of allylic oxidation sites excluding steroid dienone is 3. The van der Waals surface area contributed by atoms with Crippen LogP contribution in [0, 0.1) is 11.8 Å². The van der Waals surface area contributed by atoms with Crippen molar-refractivity contribution in [2.45, 2.75) is 38.5 Å². The molecule has 0 bridgehead atoms. The van der Waals surface area contributed by atoms with Gasteiger partial charge in [-0.3, -0.25) is 0 Å². The van der Waals surface area contributed by atoms with E-state index in [0.29, 0.717) is 0 Å². The molecule has 0 N–H and O–H groups in total. The Kier molecular flexibility index (Phi) is 3.67. The summed E-state index contributed by atoms with van der Waals surface area (Å²) in [6, 6.07) is 0. The summed E-state index contributed by atoms with van der Waals surface area (Å²) in [7, 11) is 0. The second-order valence-electron chi connectivity index (χ2n) is 4.38. The van der Waals surface area contributed by atoms with Gasteiger partial charge in [-0.15, -0.1) is 0 Å². The van der Waals surface area contributed by atoms with E-state index in [4.69, 9.17) is 4.74 Å². The van der Waals surface area contributed by atoms with E-state index in [1.165, 1.54) is 38.5 Å². The molecule has 0 aromatic carbocycles. The van der Waals surface area contributed by atoms with E-state index in [-0.39, 0.29) is 0 Å². The minimum Gasteiger partial charge on any atom is -0.502 e. The van der Waals surface area contributed by atoms with Crippen LogP contribution in [0.4, 0.5) is 0 Å². The van der Waals surface area contributed by atoms with E-state index in [1.807, 2.05) is 6.26 Å². The highest BCUT2D eigenvalue weighted by Crippen LogP contribution is 2.29. The fourth-order valence-corrected chi connectivity index (χ4v) is 2.45. The summed E-state index contributed by atoms with van der Waals surface area (Å²) in [5.74, 6) is 1.50.